The summed E-state index contributed by atoms with van der Waals surface area (Å²) in [5.74, 6) is 0. The van der Waals surface area contributed by atoms with E-state index in [-0.39, 0.29) is 82.8 Å². The van der Waals surface area contributed by atoms with Crippen LogP contribution >= 0.6 is 0 Å². The predicted molar refractivity (Wildman–Crippen MR) is 14.3 cm³/mol. The molecule has 0 aliphatic rings. The van der Waals surface area contributed by atoms with Crippen LogP contribution in [0.5, 0.6) is 0 Å². The van der Waals surface area contributed by atoms with E-state index in [1.165, 1.54) is 0 Å². The van der Waals surface area contributed by atoms with E-state index in [0.717, 1.165) is 0 Å². The standard InChI is InChI=1S/CH2O3.Ce.La.H2O/c2-1(3)4;;;/h(H2,2,3,4);;;1H2. The molecule has 0 rings (SSSR count). The van der Waals surface area contributed by atoms with Crippen LogP contribution in [0.4, 0.5) is 4.79 Å². The third kappa shape index (κ3) is 80.9. The largest absolute Gasteiger partial charge is 0.503 e. The molecule has 0 aromatic heterocycles. The maximum atomic E-state index is 8.56. The Kier molecular flexibility index (Phi) is 52.0. The summed E-state index contributed by atoms with van der Waals surface area (Å²) in [5.41, 5.74) is 0. The van der Waals surface area contributed by atoms with Crippen LogP contribution in [0.15, 0.2) is 0 Å². The van der Waals surface area contributed by atoms with Gasteiger partial charge in [0, 0.05) is 77.3 Å². The molecule has 0 aromatic rings. The van der Waals surface area contributed by atoms with Crippen LogP contribution in [0.2, 0.25) is 0 Å². The van der Waals surface area contributed by atoms with E-state index in [1.807, 2.05) is 0 Å². The number of carbonyl (C=O) groups is 1. The Morgan fingerprint density at radius 1 is 1.29 bits per heavy atom. The van der Waals surface area contributed by atoms with Gasteiger partial charge in [0.1, 0.15) is 0 Å². The third-order valence-corrected chi connectivity index (χ3v) is 0. The van der Waals surface area contributed by atoms with Gasteiger partial charge in [0.25, 0.3) is 0 Å². The molecule has 7 heavy (non-hydrogen) atoms. The normalized spacial score (nSPS) is 3.43. The van der Waals surface area contributed by atoms with Crippen LogP contribution < -0.4 is 0 Å². The Morgan fingerprint density at radius 2 is 1.29 bits per heavy atom. The molecule has 0 unspecified atom stereocenters. The summed E-state index contributed by atoms with van der Waals surface area (Å²) in [6.45, 7) is 0. The van der Waals surface area contributed by atoms with Gasteiger partial charge in [0.2, 0.25) is 0 Å². The second-order valence-corrected chi connectivity index (χ2v) is 0.283. The van der Waals surface area contributed by atoms with Gasteiger partial charge in [-0.1, -0.05) is 0 Å². The van der Waals surface area contributed by atoms with Crippen LogP contribution in [-0.2, 0) is 0 Å². The van der Waals surface area contributed by atoms with Crippen molar-refractivity contribution < 1.29 is 97.8 Å². The summed E-state index contributed by atoms with van der Waals surface area (Å²) in [4.78, 5) is 8.56. The summed E-state index contributed by atoms with van der Waals surface area (Å²) in [5, 5.41) is 13.9. The summed E-state index contributed by atoms with van der Waals surface area (Å²) in [7, 11) is 0. The Balaban J connectivity index is -0.0000000150. The number of hydrogen-bond acceptors (Lipinski definition) is 1. The maximum Gasteiger partial charge on any atom is 0.503 e. The molecule has 0 aliphatic carbocycles. The predicted octanol–water partition coefficient (Wildman–Crippen LogP) is -0.602. The number of rotatable bonds is 0. The van der Waals surface area contributed by atoms with Gasteiger partial charge in [-0.05, 0) is 0 Å². The molecule has 0 fully saturated rings. The maximum absolute atomic E-state index is 8.56. The first-order valence-corrected chi connectivity index (χ1v) is 0.651. The number of hydrogen-bond donors (Lipinski definition) is 2. The number of carboxylic acid groups (broad SMARTS) is 2. The van der Waals surface area contributed by atoms with Crippen molar-refractivity contribution in [2.45, 2.75) is 0 Å². The van der Waals surface area contributed by atoms with Gasteiger partial charge in [0.05, 0.1) is 0 Å². The first-order chi connectivity index (χ1) is 1.73. The summed E-state index contributed by atoms with van der Waals surface area (Å²) in [6, 6.07) is 0. The molecular formula is CH4CeLaO4. The fourth-order valence-corrected chi connectivity index (χ4v) is 0. The monoisotopic (exact) mass is 359 g/mol. The van der Waals surface area contributed by atoms with Gasteiger partial charge in [-0.2, -0.15) is 0 Å². The fourth-order valence-electron chi connectivity index (χ4n) is 0. The summed E-state index contributed by atoms with van der Waals surface area (Å²) in [6.07, 6.45) is -1.83. The molecule has 1 radical (unpaired) electrons. The summed E-state index contributed by atoms with van der Waals surface area (Å²) < 4.78 is 0. The topological polar surface area (TPSA) is 89.0 Å². The third-order valence-electron chi connectivity index (χ3n) is 0. The van der Waals surface area contributed by atoms with Crippen molar-refractivity contribution in [2.24, 2.45) is 0 Å². The van der Waals surface area contributed by atoms with Crippen molar-refractivity contribution in [2.75, 3.05) is 0 Å². The van der Waals surface area contributed by atoms with Crippen LogP contribution in [0.1, 0.15) is 0 Å². The van der Waals surface area contributed by atoms with Crippen molar-refractivity contribution >= 4 is 6.16 Å². The van der Waals surface area contributed by atoms with Gasteiger partial charge in [-0.25, -0.2) is 4.79 Å². The molecule has 0 amide bonds. The van der Waals surface area contributed by atoms with Gasteiger partial charge >= 0.3 is 6.16 Å². The first kappa shape index (κ1) is 23.2. The van der Waals surface area contributed by atoms with E-state index >= 15 is 0 Å². The molecule has 39 valence electrons. The van der Waals surface area contributed by atoms with Crippen LogP contribution in [0.25, 0.3) is 0 Å². The van der Waals surface area contributed by atoms with Crippen LogP contribution in [0.3, 0.4) is 0 Å². The van der Waals surface area contributed by atoms with Crippen LogP contribution in [0, 0.1) is 77.3 Å². The molecule has 0 saturated carbocycles. The van der Waals surface area contributed by atoms with E-state index in [9.17, 15) is 0 Å². The molecule has 0 bridgehead atoms. The Morgan fingerprint density at radius 3 is 1.29 bits per heavy atom. The molecule has 4 N–H and O–H groups in total. The molecule has 0 aliphatic heterocycles. The average Bonchev–Trinajstić information content (AvgIpc) is 0.811. The van der Waals surface area contributed by atoms with E-state index < -0.39 is 6.16 Å². The van der Waals surface area contributed by atoms with Gasteiger partial charge in [-0.15, -0.1) is 0 Å². The van der Waals surface area contributed by atoms with Gasteiger partial charge in [0.15, 0.2) is 0 Å². The van der Waals surface area contributed by atoms with Gasteiger partial charge in [-0.3, -0.25) is 0 Å². The quantitative estimate of drug-likeness (QED) is 0.605. The van der Waals surface area contributed by atoms with E-state index in [2.05, 4.69) is 0 Å². The Labute approximate surface area is 102 Å². The molecule has 0 aromatic carbocycles. The molecule has 0 spiro atoms. The zero-order valence-corrected chi connectivity index (χ0v) is 10.1. The molecule has 0 saturated heterocycles. The van der Waals surface area contributed by atoms with E-state index in [0.29, 0.717) is 0 Å². The minimum Gasteiger partial charge on any atom is -0.450 e. The first-order valence-electron chi connectivity index (χ1n) is 0.651. The molecule has 0 atom stereocenters. The Hall–Kier alpha value is 1.80. The van der Waals surface area contributed by atoms with E-state index in [4.69, 9.17) is 15.0 Å². The summed E-state index contributed by atoms with van der Waals surface area (Å²) >= 11 is 0. The minimum atomic E-state index is -1.83. The van der Waals surface area contributed by atoms with Crippen molar-refractivity contribution in [3.05, 3.63) is 0 Å². The SMILES string of the molecule is O.O=C(O)O.[Ce].[La]. The molecule has 4 nitrogen and oxygen atoms in total. The van der Waals surface area contributed by atoms with Crippen molar-refractivity contribution in [1.82, 2.24) is 0 Å². The van der Waals surface area contributed by atoms with Crippen molar-refractivity contribution in [1.29, 1.82) is 0 Å². The van der Waals surface area contributed by atoms with E-state index in [1.54, 1.807) is 0 Å². The smallest absolute Gasteiger partial charge is 0.450 e. The molecule has 0 heterocycles. The second kappa shape index (κ2) is 15.7. The zero-order valence-electron chi connectivity index (χ0n) is 3.38. The van der Waals surface area contributed by atoms with Gasteiger partial charge < -0.3 is 15.7 Å². The molecule has 6 heteroatoms. The van der Waals surface area contributed by atoms with Crippen molar-refractivity contribution in [3.8, 4) is 0 Å². The minimum absolute atomic E-state index is 0. The average molecular weight is 359 g/mol. The Bertz CT molecular complexity index is 34.7. The molecular weight excluding hydrogens is 355 g/mol. The van der Waals surface area contributed by atoms with Crippen molar-refractivity contribution in [3.63, 3.8) is 0 Å². The zero-order chi connectivity index (χ0) is 3.58. The second-order valence-electron chi connectivity index (χ2n) is 0.283. The van der Waals surface area contributed by atoms with Crippen LogP contribution in [-0.4, -0.2) is 21.8 Å². The fraction of sp³-hybridized carbons (Fsp3) is 0.